The average molecular weight is 304 g/mol. The number of amides is 1. The number of anilines is 1. The Bertz CT molecular complexity index is 643. The first-order chi connectivity index (χ1) is 10.1. The third-order valence-electron chi connectivity index (χ3n) is 3.03. The summed E-state index contributed by atoms with van der Waals surface area (Å²) in [6.45, 7) is 0. The van der Waals surface area contributed by atoms with Crippen LogP contribution in [0.2, 0.25) is 5.02 Å². The summed E-state index contributed by atoms with van der Waals surface area (Å²) < 4.78 is 0. The van der Waals surface area contributed by atoms with Crippen molar-refractivity contribution in [2.24, 2.45) is 0 Å². The lowest BCUT2D eigenvalue weighted by Crippen LogP contribution is -2.21. The van der Waals surface area contributed by atoms with Crippen LogP contribution in [0.5, 0.6) is 0 Å². The highest BCUT2D eigenvalue weighted by molar-refractivity contribution is 6.31. The molecule has 0 bridgehead atoms. The molecule has 2 aromatic rings. The number of benzene rings is 2. The molecule has 0 saturated carbocycles. The summed E-state index contributed by atoms with van der Waals surface area (Å²) >= 11 is 6.01. The molecule has 2 rings (SSSR count). The Kier molecular flexibility index (Phi) is 4.95. The quantitative estimate of drug-likeness (QED) is 0.888. The molecule has 0 heterocycles. The predicted octanol–water partition coefficient (Wildman–Crippen LogP) is 3.54. The van der Waals surface area contributed by atoms with Gasteiger partial charge in [0.2, 0.25) is 5.91 Å². The summed E-state index contributed by atoms with van der Waals surface area (Å²) in [7, 11) is 0. The minimum absolute atomic E-state index is 0.173. The second-order valence-corrected chi connectivity index (χ2v) is 4.94. The van der Waals surface area contributed by atoms with Gasteiger partial charge < -0.3 is 10.4 Å². The molecule has 0 aliphatic rings. The van der Waals surface area contributed by atoms with Gasteiger partial charge in [0.25, 0.3) is 0 Å². The van der Waals surface area contributed by atoms with Crippen LogP contribution in [0.25, 0.3) is 0 Å². The van der Waals surface area contributed by atoms with Crippen molar-refractivity contribution < 1.29 is 14.7 Å². The maximum atomic E-state index is 12.0. The largest absolute Gasteiger partial charge is 0.481 e. The van der Waals surface area contributed by atoms with Crippen LogP contribution in [0, 0.1) is 0 Å². The van der Waals surface area contributed by atoms with E-state index in [4.69, 9.17) is 11.6 Å². The smallest absolute Gasteiger partial charge is 0.311 e. The SMILES string of the molecule is O=C(C[C@H](C(=O)O)c1ccccc1Cl)Nc1ccccc1. The lowest BCUT2D eigenvalue weighted by Gasteiger charge is -2.14. The van der Waals surface area contributed by atoms with Gasteiger partial charge >= 0.3 is 5.97 Å². The van der Waals surface area contributed by atoms with E-state index in [1.807, 2.05) is 6.07 Å². The number of hydrogen-bond acceptors (Lipinski definition) is 2. The first-order valence-electron chi connectivity index (χ1n) is 6.40. The molecule has 2 aromatic carbocycles. The van der Waals surface area contributed by atoms with Crippen molar-refractivity contribution in [2.75, 3.05) is 5.32 Å². The zero-order chi connectivity index (χ0) is 15.2. The fourth-order valence-electron chi connectivity index (χ4n) is 2.01. The summed E-state index contributed by atoms with van der Waals surface area (Å²) in [5.41, 5.74) is 1.07. The fraction of sp³-hybridized carbons (Fsp3) is 0.125. The number of hydrogen-bond donors (Lipinski definition) is 2. The van der Waals surface area contributed by atoms with Crippen LogP contribution in [0.15, 0.2) is 54.6 Å². The Morgan fingerprint density at radius 3 is 2.29 bits per heavy atom. The molecule has 21 heavy (non-hydrogen) atoms. The van der Waals surface area contributed by atoms with Crippen molar-refractivity contribution in [2.45, 2.75) is 12.3 Å². The molecule has 108 valence electrons. The molecular weight excluding hydrogens is 290 g/mol. The highest BCUT2D eigenvalue weighted by atomic mass is 35.5. The van der Waals surface area contributed by atoms with Crippen molar-refractivity contribution in [3.05, 3.63) is 65.2 Å². The van der Waals surface area contributed by atoms with Crippen LogP contribution in [-0.4, -0.2) is 17.0 Å². The molecule has 0 fully saturated rings. The van der Waals surface area contributed by atoms with Gasteiger partial charge in [-0.15, -0.1) is 0 Å². The van der Waals surface area contributed by atoms with Crippen molar-refractivity contribution in [1.82, 2.24) is 0 Å². The first kappa shape index (κ1) is 15.1. The van der Waals surface area contributed by atoms with Crippen LogP contribution >= 0.6 is 11.6 Å². The van der Waals surface area contributed by atoms with Crippen molar-refractivity contribution in [1.29, 1.82) is 0 Å². The highest BCUT2D eigenvalue weighted by Crippen LogP contribution is 2.27. The maximum absolute atomic E-state index is 12.0. The first-order valence-corrected chi connectivity index (χ1v) is 6.78. The number of aliphatic carboxylic acids is 1. The van der Waals surface area contributed by atoms with E-state index in [-0.39, 0.29) is 12.3 Å². The van der Waals surface area contributed by atoms with Crippen LogP contribution in [0.3, 0.4) is 0 Å². The van der Waals surface area contributed by atoms with Crippen molar-refractivity contribution in [3.8, 4) is 0 Å². The summed E-state index contributed by atoms with van der Waals surface area (Å²) in [5.74, 6) is -2.41. The Morgan fingerprint density at radius 2 is 1.67 bits per heavy atom. The summed E-state index contributed by atoms with van der Waals surface area (Å²) in [4.78, 5) is 23.4. The predicted molar refractivity (Wildman–Crippen MR) is 81.5 cm³/mol. The van der Waals surface area contributed by atoms with E-state index in [1.165, 1.54) is 0 Å². The van der Waals surface area contributed by atoms with E-state index >= 15 is 0 Å². The lowest BCUT2D eigenvalue weighted by atomic mass is 9.95. The third kappa shape index (κ3) is 4.07. The Balaban J connectivity index is 2.12. The van der Waals surface area contributed by atoms with Gasteiger partial charge in [-0.05, 0) is 23.8 Å². The van der Waals surface area contributed by atoms with E-state index in [1.54, 1.807) is 48.5 Å². The highest BCUT2D eigenvalue weighted by Gasteiger charge is 2.25. The van der Waals surface area contributed by atoms with Crippen LogP contribution in [0.4, 0.5) is 5.69 Å². The zero-order valence-corrected chi connectivity index (χ0v) is 11.9. The molecule has 0 aromatic heterocycles. The molecule has 4 nitrogen and oxygen atoms in total. The van der Waals surface area contributed by atoms with Gasteiger partial charge in [0.05, 0.1) is 5.92 Å². The second-order valence-electron chi connectivity index (χ2n) is 4.53. The van der Waals surface area contributed by atoms with E-state index < -0.39 is 11.9 Å². The second kappa shape index (κ2) is 6.90. The van der Waals surface area contributed by atoms with Gasteiger partial charge in [-0.1, -0.05) is 48.0 Å². The number of rotatable bonds is 5. The summed E-state index contributed by atoms with van der Waals surface area (Å²) in [6, 6.07) is 15.5. The molecule has 0 spiro atoms. The molecule has 2 N–H and O–H groups in total. The molecule has 0 aliphatic carbocycles. The van der Waals surface area contributed by atoms with E-state index in [2.05, 4.69) is 5.32 Å². The molecule has 1 amide bonds. The van der Waals surface area contributed by atoms with Crippen LogP contribution in [0.1, 0.15) is 17.9 Å². The van der Waals surface area contributed by atoms with Crippen LogP contribution in [-0.2, 0) is 9.59 Å². The fourth-order valence-corrected chi connectivity index (χ4v) is 2.27. The van der Waals surface area contributed by atoms with Gasteiger partial charge in [-0.2, -0.15) is 0 Å². The number of para-hydroxylation sites is 1. The number of nitrogens with one attached hydrogen (secondary N) is 1. The lowest BCUT2D eigenvalue weighted by molar-refractivity contribution is -0.140. The molecule has 0 aliphatic heterocycles. The van der Waals surface area contributed by atoms with Gasteiger partial charge in [0, 0.05) is 17.1 Å². The minimum Gasteiger partial charge on any atom is -0.481 e. The maximum Gasteiger partial charge on any atom is 0.311 e. The van der Waals surface area contributed by atoms with Gasteiger partial charge in [0.15, 0.2) is 0 Å². The van der Waals surface area contributed by atoms with Crippen LogP contribution < -0.4 is 5.32 Å². The van der Waals surface area contributed by atoms with Gasteiger partial charge in [-0.25, -0.2) is 0 Å². The van der Waals surface area contributed by atoms with E-state index in [0.717, 1.165) is 0 Å². The molecular formula is C16H14ClNO3. The molecule has 0 radical (unpaired) electrons. The van der Waals surface area contributed by atoms with E-state index in [0.29, 0.717) is 16.3 Å². The Hall–Kier alpha value is -2.33. The molecule has 5 heteroatoms. The van der Waals surface area contributed by atoms with Gasteiger partial charge in [0.1, 0.15) is 0 Å². The standard InChI is InChI=1S/C16H14ClNO3/c17-14-9-5-4-8-12(14)13(16(20)21)10-15(19)18-11-6-2-1-3-7-11/h1-9,13H,10H2,(H,18,19)(H,20,21)/t13-/m0/s1. The van der Waals surface area contributed by atoms with Gasteiger partial charge in [-0.3, -0.25) is 9.59 Å². The van der Waals surface area contributed by atoms with Crippen molar-refractivity contribution >= 4 is 29.2 Å². The summed E-state index contributed by atoms with van der Waals surface area (Å²) in [6.07, 6.45) is -0.173. The molecule has 0 saturated heterocycles. The zero-order valence-electron chi connectivity index (χ0n) is 11.1. The average Bonchev–Trinajstić information content (AvgIpc) is 2.46. The Labute approximate surface area is 127 Å². The molecule has 0 unspecified atom stereocenters. The minimum atomic E-state index is -1.08. The monoisotopic (exact) mass is 303 g/mol. The third-order valence-corrected chi connectivity index (χ3v) is 3.37. The number of carboxylic acid groups (broad SMARTS) is 1. The number of carboxylic acids is 1. The normalized spacial score (nSPS) is 11.7. The Morgan fingerprint density at radius 1 is 1.05 bits per heavy atom. The number of halogens is 1. The number of carbonyl (C=O) groups excluding carboxylic acids is 1. The van der Waals surface area contributed by atoms with E-state index in [9.17, 15) is 14.7 Å². The molecule has 1 atom stereocenters. The topological polar surface area (TPSA) is 66.4 Å². The summed E-state index contributed by atoms with van der Waals surface area (Å²) in [5, 5.41) is 12.3. The number of carbonyl (C=O) groups is 2. The van der Waals surface area contributed by atoms with Crippen molar-refractivity contribution in [3.63, 3.8) is 0 Å².